The Balaban J connectivity index is 3.52. The fourth-order valence-corrected chi connectivity index (χ4v) is 1.49. The molecule has 0 fully saturated rings. The number of rotatable bonds is 3. The highest BCUT2D eigenvalue weighted by Gasteiger charge is 2.29. The van der Waals surface area contributed by atoms with Crippen molar-refractivity contribution in [3.8, 4) is 0 Å². The second kappa shape index (κ2) is 4.61. The maximum Gasteiger partial charge on any atom is 0.509 e. The zero-order chi connectivity index (χ0) is 13.2. The maximum absolute atomic E-state index is 12.7. The van der Waals surface area contributed by atoms with Crippen molar-refractivity contribution < 1.29 is 27.3 Å². The second-order valence-electron chi connectivity index (χ2n) is 3.47. The number of halogens is 3. The molecule has 0 saturated heterocycles. The van der Waals surface area contributed by atoms with Crippen LogP contribution in [0.25, 0.3) is 0 Å². The van der Waals surface area contributed by atoms with Gasteiger partial charge in [0.15, 0.2) is 0 Å². The number of hydrogen-bond acceptors (Lipinski definition) is 3. The van der Waals surface area contributed by atoms with Crippen molar-refractivity contribution in [3.05, 3.63) is 28.8 Å². The standard InChI is InChI=1S/C10H9BF3O3/c1-6-8(10(16)17-2)3-7(5-15)4-9(6)11(12,13)14/h3-5H,1-2H3/q-1. The summed E-state index contributed by atoms with van der Waals surface area (Å²) in [5.74, 6) is -0.896. The zero-order valence-corrected chi connectivity index (χ0v) is 9.17. The van der Waals surface area contributed by atoms with Crippen LogP contribution in [0.4, 0.5) is 12.9 Å². The van der Waals surface area contributed by atoms with Gasteiger partial charge in [0.25, 0.3) is 0 Å². The third-order valence-corrected chi connectivity index (χ3v) is 2.36. The molecule has 0 aliphatic heterocycles. The highest BCUT2D eigenvalue weighted by molar-refractivity contribution is 6.74. The van der Waals surface area contributed by atoms with Gasteiger partial charge in [-0.2, -0.15) is 0 Å². The zero-order valence-electron chi connectivity index (χ0n) is 9.17. The molecule has 1 rings (SSSR count). The van der Waals surface area contributed by atoms with Crippen LogP contribution in [0.2, 0.25) is 0 Å². The Morgan fingerprint density at radius 2 is 1.94 bits per heavy atom. The van der Waals surface area contributed by atoms with E-state index in [0.717, 1.165) is 19.2 Å². The average molecular weight is 245 g/mol. The smallest absolute Gasteiger partial charge is 0.465 e. The average Bonchev–Trinajstić information content (AvgIpc) is 2.26. The molecule has 3 nitrogen and oxygen atoms in total. The number of carbonyl (C=O) groups excluding carboxylic acids is 2. The van der Waals surface area contributed by atoms with Crippen molar-refractivity contribution in [2.75, 3.05) is 7.11 Å². The van der Waals surface area contributed by atoms with E-state index in [1.165, 1.54) is 6.92 Å². The van der Waals surface area contributed by atoms with Crippen molar-refractivity contribution in [1.29, 1.82) is 0 Å². The number of aldehydes is 1. The molecule has 92 valence electrons. The van der Waals surface area contributed by atoms with Gasteiger partial charge in [0.05, 0.1) is 12.7 Å². The summed E-state index contributed by atoms with van der Waals surface area (Å²) in [5.41, 5.74) is -1.62. The summed E-state index contributed by atoms with van der Waals surface area (Å²) in [5, 5.41) is 0. The molecule has 0 aliphatic rings. The molecule has 0 bridgehead atoms. The van der Waals surface area contributed by atoms with E-state index in [4.69, 9.17) is 0 Å². The topological polar surface area (TPSA) is 43.4 Å². The van der Waals surface area contributed by atoms with E-state index in [0.29, 0.717) is 0 Å². The molecule has 0 spiro atoms. The van der Waals surface area contributed by atoms with Gasteiger partial charge in [-0.25, -0.2) is 4.79 Å². The van der Waals surface area contributed by atoms with Crippen molar-refractivity contribution in [2.45, 2.75) is 6.92 Å². The first-order valence-corrected chi connectivity index (χ1v) is 4.69. The Morgan fingerprint density at radius 1 is 1.35 bits per heavy atom. The molecule has 0 aliphatic carbocycles. The summed E-state index contributed by atoms with van der Waals surface area (Å²) in [6.07, 6.45) is 0.261. The third-order valence-electron chi connectivity index (χ3n) is 2.36. The van der Waals surface area contributed by atoms with Gasteiger partial charge in [0.2, 0.25) is 0 Å². The molecule has 0 amide bonds. The van der Waals surface area contributed by atoms with Gasteiger partial charge >= 0.3 is 12.9 Å². The van der Waals surface area contributed by atoms with Gasteiger partial charge in [-0.05, 0) is 13.0 Å². The Kier molecular flexibility index (Phi) is 3.60. The van der Waals surface area contributed by atoms with Crippen LogP contribution in [-0.2, 0) is 4.74 Å². The first-order chi connectivity index (χ1) is 7.81. The number of hydrogen-bond donors (Lipinski definition) is 0. The van der Waals surface area contributed by atoms with Crippen molar-refractivity contribution in [3.63, 3.8) is 0 Å². The lowest BCUT2D eigenvalue weighted by Gasteiger charge is -2.20. The SMILES string of the molecule is COC(=O)c1cc(C=O)cc([B-](F)(F)F)c1C. The molecule has 0 N–H and O–H groups in total. The van der Waals surface area contributed by atoms with Crippen molar-refractivity contribution in [1.82, 2.24) is 0 Å². The van der Waals surface area contributed by atoms with Crippen LogP contribution in [0.1, 0.15) is 26.3 Å². The molecule has 0 aromatic heterocycles. The van der Waals surface area contributed by atoms with Gasteiger partial charge in [-0.15, -0.1) is 5.46 Å². The predicted octanol–water partition coefficient (Wildman–Crippen LogP) is 1.65. The summed E-state index contributed by atoms with van der Waals surface area (Å²) in [7, 11) is 1.06. The summed E-state index contributed by atoms with van der Waals surface area (Å²) in [4.78, 5) is 21.8. The lowest BCUT2D eigenvalue weighted by atomic mass is 9.75. The maximum atomic E-state index is 12.7. The highest BCUT2D eigenvalue weighted by Crippen LogP contribution is 2.17. The monoisotopic (exact) mass is 245 g/mol. The quantitative estimate of drug-likeness (QED) is 0.462. The fourth-order valence-electron chi connectivity index (χ4n) is 1.49. The molecule has 0 saturated carbocycles. The van der Waals surface area contributed by atoms with Crippen molar-refractivity contribution in [2.24, 2.45) is 0 Å². The molecule has 17 heavy (non-hydrogen) atoms. The van der Waals surface area contributed by atoms with Gasteiger partial charge < -0.3 is 17.7 Å². The van der Waals surface area contributed by atoms with Gasteiger partial charge in [0.1, 0.15) is 6.29 Å². The molecule has 1 aromatic carbocycles. The molecule has 0 heterocycles. The van der Waals surface area contributed by atoms with Gasteiger partial charge in [-0.1, -0.05) is 11.6 Å². The van der Waals surface area contributed by atoms with Crippen LogP contribution in [0, 0.1) is 6.92 Å². The molecule has 0 radical (unpaired) electrons. The molecular weight excluding hydrogens is 236 g/mol. The number of ether oxygens (including phenoxy) is 1. The van der Waals surface area contributed by atoms with Gasteiger partial charge in [0, 0.05) is 5.56 Å². The summed E-state index contributed by atoms with van der Waals surface area (Å²) < 4.78 is 42.5. The minimum absolute atomic E-state index is 0.204. The Bertz CT molecular complexity index is 469. The number of methoxy groups -OCH3 is 1. The summed E-state index contributed by atoms with van der Waals surface area (Å²) in [6.45, 7) is -4.11. The van der Waals surface area contributed by atoms with E-state index >= 15 is 0 Å². The van der Waals surface area contributed by atoms with Crippen LogP contribution in [-0.4, -0.2) is 26.3 Å². The fraction of sp³-hybridized carbons (Fsp3) is 0.200. The predicted molar refractivity (Wildman–Crippen MR) is 56.6 cm³/mol. The first kappa shape index (κ1) is 13.3. The molecular formula is C10H9BF3O3-. The van der Waals surface area contributed by atoms with E-state index in [9.17, 15) is 22.5 Å². The van der Waals surface area contributed by atoms with Crippen LogP contribution in [0.5, 0.6) is 0 Å². The lowest BCUT2D eigenvalue weighted by molar-refractivity contribution is 0.0600. The molecule has 0 unspecified atom stereocenters. The highest BCUT2D eigenvalue weighted by atomic mass is 19.4. The number of carbonyl (C=O) groups is 2. The minimum Gasteiger partial charge on any atom is -0.465 e. The largest absolute Gasteiger partial charge is 0.509 e. The second-order valence-corrected chi connectivity index (χ2v) is 3.47. The summed E-state index contributed by atoms with van der Waals surface area (Å²) >= 11 is 0. The van der Waals surface area contributed by atoms with Crippen LogP contribution in [0.3, 0.4) is 0 Å². The Morgan fingerprint density at radius 3 is 2.35 bits per heavy atom. The van der Waals surface area contributed by atoms with Gasteiger partial charge in [-0.3, -0.25) is 4.79 Å². The van der Waals surface area contributed by atoms with Crippen LogP contribution >= 0.6 is 0 Å². The first-order valence-electron chi connectivity index (χ1n) is 4.69. The third kappa shape index (κ3) is 2.66. The van der Waals surface area contributed by atoms with E-state index in [1.807, 2.05) is 0 Å². The van der Waals surface area contributed by atoms with Crippen LogP contribution in [0.15, 0.2) is 12.1 Å². The minimum atomic E-state index is -5.28. The van der Waals surface area contributed by atoms with E-state index < -0.39 is 18.4 Å². The van der Waals surface area contributed by atoms with E-state index in [1.54, 1.807) is 0 Å². The van der Waals surface area contributed by atoms with Crippen LogP contribution < -0.4 is 5.46 Å². The number of benzene rings is 1. The van der Waals surface area contributed by atoms with E-state index in [2.05, 4.69) is 4.74 Å². The molecule has 7 heteroatoms. The van der Waals surface area contributed by atoms with Crippen molar-refractivity contribution >= 4 is 24.7 Å². The molecule has 0 atom stereocenters. The summed E-state index contributed by atoms with van der Waals surface area (Å²) in [6, 6.07) is 1.81. The lowest BCUT2D eigenvalue weighted by Crippen LogP contribution is -2.37. The number of esters is 1. The molecule has 1 aromatic rings. The Labute approximate surface area is 95.6 Å². The normalized spacial score (nSPS) is 11.1. The Hall–Kier alpha value is -1.79. The van der Waals surface area contributed by atoms with E-state index in [-0.39, 0.29) is 23.0 Å².